The quantitative estimate of drug-likeness (QED) is 0.516. The summed E-state index contributed by atoms with van der Waals surface area (Å²) in [6.07, 6.45) is 4.38. The molecular formula is C25H28FN5O3. The molecule has 1 fully saturated rings. The molecule has 0 radical (unpaired) electrons. The minimum absolute atomic E-state index is 0.0311. The number of halogens is 1. The number of rotatable bonds is 7. The Hall–Kier alpha value is -3.46. The van der Waals surface area contributed by atoms with E-state index in [0.717, 1.165) is 55.5 Å². The molecule has 34 heavy (non-hydrogen) atoms. The number of aromatic nitrogens is 2. The Balaban J connectivity index is 1.13. The molecule has 0 saturated carbocycles. The highest BCUT2D eigenvalue weighted by Gasteiger charge is 2.23. The average Bonchev–Trinajstić information content (AvgIpc) is 2.86. The Kier molecular flexibility index (Phi) is 6.44. The Labute approximate surface area is 197 Å². The molecule has 4 heterocycles. The van der Waals surface area contributed by atoms with Gasteiger partial charge in [0, 0.05) is 25.0 Å². The number of benzene rings is 1. The number of piperidine rings is 1. The summed E-state index contributed by atoms with van der Waals surface area (Å²) in [6.45, 7) is 3.14. The molecule has 8 nitrogen and oxygen atoms in total. The number of pyridine rings is 2. The number of fused-ring (bicyclic) bond motifs is 2. The monoisotopic (exact) mass is 465 g/mol. The summed E-state index contributed by atoms with van der Waals surface area (Å²) in [4.78, 5) is 22.3. The van der Waals surface area contributed by atoms with E-state index in [1.807, 2.05) is 30.3 Å². The molecule has 9 heteroatoms. The van der Waals surface area contributed by atoms with Crippen LogP contribution in [0.25, 0.3) is 10.9 Å². The number of methoxy groups -OCH3 is 1. The Morgan fingerprint density at radius 3 is 2.94 bits per heavy atom. The van der Waals surface area contributed by atoms with Crippen molar-refractivity contribution < 1.29 is 18.7 Å². The van der Waals surface area contributed by atoms with Gasteiger partial charge in [0.15, 0.2) is 24.0 Å². The number of carbonyl (C=O) groups is 1. The van der Waals surface area contributed by atoms with Crippen LogP contribution in [0, 0.1) is 11.7 Å². The van der Waals surface area contributed by atoms with Crippen LogP contribution in [0.1, 0.15) is 25.0 Å². The normalized spacial score (nSPS) is 16.2. The van der Waals surface area contributed by atoms with Gasteiger partial charge in [-0.3, -0.25) is 9.78 Å². The van der Waals surface area contributed by atoms with Gasteiger partial charge in [0.25, 0.3) is 5.91 Å². The predicted molar refractivity (Wildman–Crippen MR) is 128 cm³/mol. The van der Waals surface area contributed by atoms with Crippen molar-refractivity contribution in [3.8, 4) is 11.5 Å². The first-order chi connectivity index (χ1) is 16.6. The van der Waals surface area contributed by atoms with Crippen molar-refractivity contribution in [1.82, 2.24) is 15.3 Å². The van der Waals surface area contributed by atoms with E-state index in [1.165, 1.54) is 6.20 Å². The maximum absolute atomic E-state index is 14.8. The van der Waals surface area contributed by atoms with E-state index in [0.29, 0.717) is 35.5 Å². The summed E-state index contributed by atoms with van der Waals surface area (Å²) >= 11 is 0. The third kappa shape index (κ3) is 4.75. The van der Waals surface area contributed by atoms with Crippen LogP contribution in [-0.2, 0) is 11.3 Å². The minimum atomic E-state index is -0.292. The number of anilines is 2. The number of amides is 1. The lowest BCUT2D eigenvalue weighted by Gasteiger charge is -2.34. The third-order valence-electron chi connectivity index (χ3n) is 6.50. The van der Waals surface area contributed by atoms with Gasteiger partial charge in [-0.1, -0.05) is 0 Å². The molecule has 0 bridgehead atoms. The van der Waals surface area contributed by atoms with Crippen molar-refractivity contribution in [2.45, 2.75) is 25.8 Å². The number of nitrogens with one attached hydrogen (secondary N) is 2. The first kappa shape index (κ1) is 22.3. The van der Waals surface area contributed by atoms with Crippen molar-refractivity contribution >= 4 is 28.3 Å². The standard InChI is InChI=1S/C25H28FN5O3/c1-33-18-3-4-21-19(12-18)24(20(26)14-28-21)31-10-7-16(8-11-31)6-9-27-13-17-2-5-22-25(29-17)30-23(32)15-34-22/h2-5,12,14,16,27H,6-11,13,15H2,1H3,(H,29,30,32). The van der Waals surface area contributed by atoms with Gasteiger partial charge in [-0.25, -0.2) is 9.37 Å². The second kappa shape index (κ2) is 9.80. The summed E-state index contributed by atoms with van der Waals surface area (Å²) < 4.78 is 25.5. The highest BCUT2D eigenvalue weighted by Crippen LogP contribution is 2.34. The summed E-state index contributed by atoms with van der Waals surface area (Å²) in [7, 11) is 1.61. The van der Waals surface area contributed by atoms with Gasteiger partial charge < -0.3 is 25.0 Å². The molecule has 0 atom stereocenters. The third-order valence-corrected chi connectivity index (χ3v) is 6.50. The number of nitrogens with zero attached hydrogens (tertiary/aromatic N) is 3. The zero-order valence-electron chi connectivity index (χ0n) is 19.1. The molecule has 178 valence electrons. The number of hydrogen-bond acceptors (Lipinski definition) is 7. The molecule has 2 N–H and O–H groups in total. The second-order valence-electron chi connectivity index (χ2n) is 8.72. The lowest BCUT2D eigenvalue weighted by molar-refractivity contribution is -0.118. The molecule has 0 unspecified atom stereocenters. The molecule has 0 spiro atoms. The lowest BCUT2D eigenvalue weighted by atomic mass is 9.93. The summed E-state index contributed by atoms with van der Waals surface area (Å²) in [5.41, 5.74) is 2.25. The topological polar surface area (TPSA) is 88.6 Å². The Bertz CT molecular complexity index is 1200. The second-order valence-corrected chi connectivity index (χ2v) is 8.72. The van der Waals surface area contributed by atoms with Gasteiger partial charge in [-0.05, 0) is 62.1 Å². The van der Waals surface area contributed by atoms with E-state index >= 15 is 0 Å². The van der Waals surface area contributed by atoms with Crippen molar-refractivity contribution in [2.24, 2.45) is 5.92 Å². The largest absolute Gasteiger partial charge is 0.497 e. The van der Waals surface area contributed by atoms with Crippen LogP contribution in [0.5, 0.6) is 11.5 Å². The molecule has 5 rings (SSSR count). The van der Waals surface area contributed by atoms with Gasteiger partial charge in [-0.15, -0.1) is 0 Å². The van der Waals surface area contributed by atoms with E-state index in [-0.39, 0.29) is 18.3 Å². The number of ether oxygens (including phenoxy) is 2. The van der Waals surface area contributed by atoms with Crippen LogP contribution >= 0.6 is 0 Å². The molecule has 1 saturated heterocycles. The fraction of sp³-hybridized carbons (Fsp3) is 0.400. The molecule has 3 aromatic rings. The first-order valence-corrected chi connectivity index (χ1v) is 11.6. The zero-order chi connectivity index (χ0) is 23.5. The van der Waals surface area contributed by atoms with Crippen LogP contribution in [-0.4, -0.2) is 49.2 Å². The van der Waals surface area contributed by atoms with Gasteiger partial charge in [0.1, 0.15) is 5.75 Å². The molecule has 1 amide bonds. The molecule has 0 aliphatic carbocycles. The van der Waals surface area contributed by atoms with Crippen LogP contribution in [0.4, 0.5) is 15.9 Å². The zero-order valence-corrected chi connectivity index (χ0v) is 19.1. The maximum atomic E-state index is 14.8. The predicted octanol–water partition coefficient (Wildman–Crippen LogP) is 3.50. The molecule has 2 aliphatic rings. The van der Waals surface area contributed by atoms with Crippen molar-refractivity contribution in [3.63, 3.8) is 0 Å². The van der Waals surface area contributed by atoms with Gasteiger partial charge in [0.05, 0.1) is 30.2 Å². The van der Waals surface area contributed by atoms with Crippen LogP contribution in [0.3, 0.4) is 0 Å². The van der Waals surface area contributed by atoms with Gasteiger partial charge >= 0.3 is 0 Å². The van der Waals surface area contributed by atoms with Gasteiger partial charge in [-0.2, -0.15) is 0 Å². The molecule has 2 aromatic heterocycles. The summed E-state index contributed by atoms with van der Waals surface area (Å²) in [5.74, 6) is 1.89. The summed E-state index contributed by atoms with van der Waals surface area (Å²) in [5, 5.41) is 6.97. The highest BCUT2D eigenvalue weighted by molar-refractivity contribution is 5.94. The fourth-order valence-electron chi connectivity index (χ4n) is 4.65. The van der Waals surface area contributed by atoms with Crippen molar-refractivity contribution in [1.29, 1.82) is 0 Å². The van der Waals surface area contributed by atoms with Crippen LogP contribution in [0.15, 0.2) is 36.5 Å². The van der Waals surface area contributed by atoms with Crippen molar-refractivity contribution in [2.75, 3.05) is 43.6 Å². The lowest BCUT2D eigenvalue weighted by Crippen LogP contribution is -2.35. The van der Waals surface area contributed by atoms with Crippen molar-refractivity contribution in [3.05, 3.63) is 48.0 Å². The van der Waals surface area contributed by atoms with E-state index in [4.69, 9.17) is 9.47 Å². The fourth-order valence-corrected chi connectivity index (χ4v) is 4.65. The summed E-state index contributed by atoms with van der Waals surface area (Å²) in [6, 6.07) is 9.33. The number of carbonyl (C=O) groups excluding carboxylic acids is 1. The minimum Gasteiger partial charge on any atom is -0.497 e. The van der Waals surface area contributed by atoms with E-state index in [1.54, 1.807) is 7.11 Å². The van der Waals surface area contributed by atoms with Gasteiger partial charge in [0.2, 0.25) is 0 Å². The Morgan fingerprint density at radius 2 is 2.12 bits per heavy atom. The molecule has 1 aromatic carbocycles. The Morgan fingerprint density at radius 1 is 1.26 bits per heavy atom. The smallest absolute Gasteiger partial charge is 0.263 e. The van der Waals surface area contributed by atoms with E-state index < -0.39 is 0 Å². The molecule has 2 aliphatic heterocycles. The van der Waals surface area contributed by atoms with Crippen LogP contribution < -0.4 is 25.0 Å². The van der Waals surface area contributed by atoms with Crippen LogP contribution in [0.2, 0.25) is 0 Å². The van der Waals surface area contributed by atoms with E-state index in [9.17, 15) is 9.18 Å². The number of hydrogen-bond donors (Lipinski definition) is 2. The molecular weight excluding hydrogens is 437 g/mol. The van der Waals surface area contributed by atoms with E-state index in [2.05, 4.69) is 25.5 Å². The SMILES string of the molecule is COc1ccc2ncc(F)c(N3CCC(CCNCc4ccc5c(n4)NC(=O)CO5)CC3)c2c1. The highest BCUT2D eigenvalue weighted by atomic mass is 19.1. The average molecular weight is 466 g/mol. The first-order valence-electron chi connectivity index (χ1n) is 11.6. The maximum Gasteiger partial charge on any atom is 0.263 e.